The zero-order chi connectivity index (χ0) is 9.68. The van der Waals surface area contributed by atoms with Gasteiger partial charge < -0.3 is 5.73 Å². The monoisotopic (exact) mass is 175 g/mol. The average molecular weight is 175 g/mol. The van der Waals surface area contributed by atoms with E-state index in [-0.39, 0.29) is 6.04 Å². The van der Waals surface area contributed by atoms with Crippen LogP contribution < -0.4 is 5.73 Å². The van der Waals surface area contributed by atoms with E-state index in [0.717, 1.165) is 6.42 Å². The Morgan fingerprint density at radius 3 is 2.54 bits per heavy atom. The van der Waals surface area contributed by atoms with E-state index < -0.39 is 0 Å². The minimum atomic E-state index is 0.249. The molecule has 1 aromatic rings. The summed E-state index contributed by atoms with van der Waals surface area (Å²) in [6.45, 7) is 4.15. The Morgan fingerprint density at radius 2 is 2.00 bits per heavy atom. The van der Waals surface area contributed by atoms with Crippen LogP contribution in [0.5, 0.6) is 0 Å². The normalized spacial score (nSPS) is 14.2. The molecule has 0 amide bonds. The van der Waals surface area contributed by atoms with Crippen LogP contribution in [0, 0.1) is 0 Å². The van der Waals surface area contributed by atoms with Gasteiger partial charge in [0.25, 0.3) is 0 Å². The summed E-state index contributed by atoms with van der Waals surface area (Å²) in [5.41, 5.74) is 8.26. The molecule has 0 fully saturated rings. The van der Waals surface area contributed by atoms with Crippen molar-refractivity contribution >= 4 is 5.57 Å². The van der Waals surface area contributed by atoms with Crippen molar-refractivity contribution in [2.45, 2.75) is 26.3 Å². The fourth-order valence-electron chi connectivity index (χ4n) is 1.18. The number of hydrogen-bond acceptors (Lipinski definition) is 1. The Balaban J connectivity index is 2.68. The molecule has 1 atom stereocenters. The lowest BCUT2D eigenvalue weighted by atomic mass is 10.1. The molecule has 1 rings (SSSR count). The molecule has 0 aliphatic heterocycles. The van der Waals surface area contributed by atoms with Crippen molar-refractivity contribution in [1.29, 1.82) is 0 Å². The Labute approximate surface area is 80.3 Å². The number of allylic oxidation sites excluding steroid dienone is 1. The van der Waals surface area contributed by atoms with Crippen LogP contribution in [0.3, 0.4) is 0 Å². The number of benzene rings is 1. The fraction of sp³-hybridized carbons (Fsp3) is 0.333. The SMILES string of the molecule is C/C(=C/CC(C)N)c1ccccc1. The lowest BCUT2D eigenvalue weighted by molar-refractivity contribution is 0.758. The quantitative estimate of drug-likeness (QED) is 0.751. The van der Waals surface area contributed by atoms with Gasteiger partial charge in [-0.25, -0.2) is 0 Å². The van der Waals surface area contributed by atoms with Crippen LogP contribution in [-0.4, -0.2) is 6.04 Å². The fourth-order valence-corrected chi connectivity index (χ4v) is 1.18. The summed E-state index contributed by atoms with van der Waals surface area (Å²) in [6, 6.07) is 10.6. The first-order chi connectivity index (χ1) is 6.20. The first-order valence-electron chi connectivity index (χ1n) is 4.68. The second-order valence-corrected chi connectivity index (χ2v) is 3.47. The van der Waals surface area contributed by atoms with Gasteiger partial charge in [0.2, 0.25) is 0 Å². The van der Waals surface area contributed by atoms with Crippen molar-refractivity contribution in [1.82, 2.24) is 0 Å². The topological polar surface area (TPSA) is 26.0 Å². The molecule has 0 bridgehead atoms. The summed E-state index contributed by atoms with van der Waals surface area (Å²) in [5, 5.41) is 0. The minimum Gasteiger partial charge on any atom is -0.328 e. The summed E-state index contributed by atoms with van der Waals surface area (Å²) in [7, 11) is 0. The highest BCUT2D eigenvalue weighted by atomic mass is 14.6. The summed E-state index contributed by atoms with van der Waals surface area (Å²) in [6.07, 6.45) is 3.14. The zero-order valence-electron chi connectivity index (χ0n) is 8.33. The second-order valence-electron chi connectivity index (χ2n) is 3.47. The molecule has 1 heteroatoms. The van der Waals surface area contributed by atoms with E-state index in [1.807, 2.05) is 13.0 Å². The largest absolute Gasteiger partial charge is 0.328 e. The Morgan fingerprint density at radius 1 is 1.38 bits per heavy atom. The van der Waals surface area contributed by atoms with Crippen molar-refractivity contribution in [2.24, 2.45) is 5.73 Å². The lowest BCUT2D eigenvalue weighted by Gasteiger charge is -2.03. The maximum absolute atomic E-state index is 5.67. The Bertz CT molecular complexity index is 272. The van der Waals surface area contributed by atoms with Crippen LogP contribution in [0.15, 0.2) is 36.4 Å². The molecule has 0 saturated carbocycles. The molecular weight excluding hydrogens is 158 g/mol. The van der Waals surface area contributed by atoms with Crippen LogP contribution in [0.4, 0.5) is 0 Å². The maximum Gasteiger partial charge on any atom is 0.00452 e. The first-order valence-corrected chi connectivity index (χ1v) is 4.68. The first kappa shape index (κ1) is 10.0. The lowest BCUT2D eigenvalue weighted by Crippen LogP contribution is -2.12. The summed E-state index contributed by atoms with van der Waals surface area (Å²) in [5.74, 6) is 0. The van der Waals surface area contributed by atoms with E-state index in [1.165, 1.54) is 11.1 Å². The highest BCUT2D eigenvalue weighted by Crippen LogP contribution is 2.13. The van der Waals surface area contributed by atoms with Crippen LogP contribution in [-0.2, 0) is 0 Å². The Hall–Kier alpha value is -1.08. The van der Waals surface area contributed by atoms with E-state index in [4.69, 9.17) is 5.73 Å². The summed E-state index contributed by atoms with van der Waals surface area (Å²) in [4.78, 5) is 0. The number of nitrogens with two attached hydrogens (primary N) is 1. The average Bonchev–Trinajstić information content (AvgIpc) is 2.15. The Kier molecular flexibility index (Phi) is 3.71. The van der Waals surface area contributed by atoms with Gasteiger partial charge in [-0.1, -0.05) is 36.4 Å². The molecule has 13 heavy (non-hydrogen) atoms. The van der Waals surface area contributed by atoms with Crippen LogP contribution >= 0.6 is 0 Å². The molecule has 1 aromatic carbocycles. The molecule has 0 spiro atoms. The molecule has 0 aromatic heterocycles. The van der Waals surface area contributed by atoms with E-state index in [1.54, 1.807) is 0 Å². The van der Waals surface area contributed by atoms with Crippen LogP contribution in [0.25, 0.3) is 5.57 Å². The van der Waals surface area contributed by atoms with Crippen molar-refractivity contribution in [3.05, 3.63) is 42.0 Å². The highest BCUT2D eigenvalue weighted by molar-refractivity contribution is 5.63. The van der Waals surface area contributed by atoms with Gasteiger partial charge in [0.1, 0.15) is 0 Å². The molecule has 0 heterocycles. The van der Waals surface area contributed by atoms with Crippen molar-refractivity contribution in [2.75, 3.05) is 0 Å². The van der Waals surface area contributed by atoms with Gasteiger partial charge in [-0.15, -0.1) is 0 Å². The number of rotatable bonds is 3. The molecule has 0 saturated heterocycles. The summed E-state index contributed by atoms with van der Waals surface area (Å²) >= 11 is 0. The van der Waals surface area contributed by atoms with Gasteiger partial charge in [-0.05, 0) is 31.4 Å². The van der Waals surface area contributed by atoms with Gasteiger partial charge >= 0.3 is 0 Å². The molecule has 0 aliphatic carbocycles. The molecule has 1 unspecified atom stereocenters. The van der Waals surface area contributed by atoms with E-state index in [9.17, 15) is 0 Å². The molecular formula is C12H17N. The van der Waals surface area contributed by atoms with Gasteiger partial charge in [0.05, 0.1) is 0 Å². The highest BCUT2D eigenvalue weighted by Gasteiger charge is 1.94. The maximum atomic E-state index is 5.67. The van der Waals surface area contributed by atoms with E-state index in [0.29, 0.717) is 0 Å². The summed E-state index contributed by atoms with van der Waals surface area (Å²) < 4.78 is 0. The molecule has 2 N–H and O–H groups in total. The van der Waals surface area contributed by atoms with Crippen molar-refractivity contribution in [3.63, 3.8) is 0 Å². The predicted octanol–water partition coefficient (Wildman–Crippen LogP) is 2.83. The van der Waals surface area contributed by atoms with Gasteiger partial charge in [0.15, 0.2) is 0 Å². The van der Waals surface area contributed by atoms with E-state index in [2.05, 4.69) is 37.3 Å². The second kappa shape index (κ2) is 4.83. The van der Waals surface area contributed by atoms with Crippen molar-refractivity contribution in [3.8, 4) is 0 Å². The third kappa shape index (κ3) is 3.43. The zero-order valence-corrected chi connectivity index (χ0v) is 8.33. The smallest absolute Gasteiger partial charge is 0.00452 e. The van der Waals surface area contributed by atoms with E-state index >= 15 is 0 Å². The van der Waals surface area contributed by atoms with Crippen LogP contribution in [0.2, 0.25) is 0 Å². The third-order valence-electron chi connectivity index (χ3n) is 2.02. The van der Waals surface area contributed by atoms with Gasteiger partial charge in [0, 0.05) is 6.04 Å². The molecule has 1 nitrogen and oxygen atoms in total. The molecule has 70 valence electrons. The minimum absolute atomic E-state index is 0.249. The number of hydrogen-bond donors (Lipinski definition) is 1. The third-order valence-corrected chi connectivity index (χ3v) is 2.02. The van der Waals surface area contributed by atoms with Gasteiger partial charge in [-0.3, -0.25) is 0 Å². The molecule has 0 radical (unpaired) electrons. The van der Waals surface area contributed by atoms with Crippen molar-refractivity contribution < 1.29 is 0 Å². The molecule has 0 aliphatic rings. The standard InChI is InChI=1S/C12H17N/c1-10(8-9-11(2)13)12-6-4-3-5-7-12/h3-8,11H,9,13H2,1-2H3/b10-8-. The van der Waals surface area contributed by atoms with Gasteiger partial charge in [-0.2, -0.15) is 0 Å². The predicted molar refractivity (Wildman–Crippen MR) is 58.4 cm³/mol. The van der Waals surface area contributed by atoms with Crippen LogP contribution in [0.1, 0.15) is 25.8 Å².